The van der Waals surface area contributed by atoms with Crippen LogP contribution in [0, 0.1) is 0 Å². The summed E-state index contributed by atoms with van der Waals surface area (Å²) in [4.78, 5) is 35.5. The highest BCUT2D eigenvalue weighted by molar-refractivity contribution is 8.01. The summed E-state index contributed by atoms with van der Waals surface area (Å²) in [7, 11) is 1.27. The molecule has 0 radical (unpaired) electrons. The molecular weight excluding hydrogens is 395 g/mol. The van der Waals surface area contributed by atoms with E-state index in [0.717, 1.165) is 15.2 Å². The highest BCUT2D eigenvalue weighted by Crippen LogP contribution is 2.40. The van der Waals surface area contributed by atoms with Crippen LogP contribution >= 0.6 is 23.4 Å². The van der Waals surface area contributed by atoms with Gasteiger partial charge in [-0.2, -0.15) is 13.2 Å². The first-order valence-electron chi connectivity index (χ1n) is 7.12. The Morgan fingerprint density at radius 3 is 2.58 bits per heavy atom. The highest BCUT2D eigenvalue weighted by atomic mass is 35.5. The second-order valence-electron chi connectivity index (χ2n) is 5.14. The number of rotatable bonds is 5. The van der Waals surface area contributed by atoms with Crippen LogP contribution in [-0.2, 0) is 18.4 Å². The lowest BCUT2D eigenvalue weighted by atomic mass is 10.3. The van der Waals surface area contributed by atoms with Crippen molar-refractivity contribution in [2.45, 2.75) is 22.3 Å². The first kappa shape index (κ1) is 20.1. The van der Waals surface area contributed by atoms with Crippen LogP contribution in [0.5, 0.6) is 0 Å². The predicted molar refractivity (Wildman–Crippen MR) is 92.6 cm³/mol. The molecule has 1 heterocycles. The van der Waals surface area contributed by atoms with Crippen molar-refractivity contribution >= 4 is 35.0 Å². The number of amides is 1. The van der Waals surface area contributed by atoms with Crippen molar-refractivity contribution in [3.8, 4) is 0 Å². The fraction of sp³-hybridized carbons (Fsp3) is 0.267. The number of nitrogens with one attached hydrogen (secondary N) is 1. The van der Waals surface area contributed by atoms with Crippen molar-refractivity contribution in [2.24, 2.45) is 7.05 Å². The molecular formula is C15H13ClF3N3O3S. The van der Waals surface area contributed by atoms with E-state index < -0.39 is 34.6 Å². The van der Waals surface area contributed by atoms with Gasteiger partial charge in [0.05, 0.1) is 5.69 Å². The van der Waals surface area contributed by atoms with Gasteiger partial charge in [0.15, 0.2) is 4.71 Å². The lowest BCUT2D eigenvalue weighted by Gasteiger charge is -2.16. The highest BCUT2D eigenvalue weighted by Gasteiger charge is 2.39. The summed E-state index contributed by atoms with van der Waals surface area (Å²) in [6.45, 7) is -0.407. The van der Waals surface area contributed by atoms with E-state index >= 15 is 0 Å². The number of hydrogen-bond donors (Lipinski definition) is 1. The topological polar surface area (TPSA) is 73.1 Å². The molecule has 1 amide bonds. The van der Waals surface area contributed by atoms with E-state index in [-0.39, 0.29) is 10.6 Å². The third kappa shape index (κ3) is 4.92. The fourth-order valence-electron chi connectivity index (χ4n) is 1.93. The van der Waals surface area contributed by atoms with Gasteiger partial charge in [0.25, 0.3) is 5.56 Å². The van der Waals surface area contributed by atoms with Crippen molar-refractivity contribution < 1.29 is 18.0 Å². The molecule has 26 heavy (non-hydrogen) atoms. The molecule has 0 aliphatic rings. The summed E-state index contributed by atoms with van der Waals surface area (Å²) in [5.41, 5.74) is -1.07. The molecule has 0 saturated heterocycles. The quantitative estimate of drug-likeness (QED) is 0.610. The van der Waals surface area contributed by atoms with Crippen molar-refractivity contribution in [3.63, 3.8) is 0 Å². The molecule has 0 bridgehead atoms. The molecule has 0 saturated carbocycles. The zero-order valence-electron chi connectivity index (χ0n) is 13.3. The van der Waals surface area contributed by atoms with Gasteiger partial charge in [-0.05, 0) is 12.1 Å². The van der Waals surface area contributed by atoms with Crippen LogP contribution < -0.4 is 16.6 Å². The summed E-state index contributed by atoms with van der Waals surface area (Å²) in [5, 5.41) is 2.44. The number of thioether (sulfide) groups is 1. The molecule has 2 rings (SSSR count). The third-order valence-corrected chi connectivity index (χ3v) is 4.82. The second-order valence-corrected chi connectivity index (χ2v) is 6.99. The second kappa shape index (κ2) is 8.00. The smallest absolute Gasteiger partial charge is 0.324 e. The number of nitrogens with zero attached hydrogens (tertiary/aromatic N) is 2. The Morgan fingerprint density at radius 1 is 1.27 bits per heavy atom. The summed E-state index contributed by atoms with van der Waals surface area (Å²) in [5.74, 6) is -0.642. The molecule has 1 N–H and O–H groups in total. The fourth-order valence-corrected chi connectivity index (χ4v) is 2.98. The molecule has 1 unspecified atom stereocenters. The lowest BCUT2D eigenvalue weighted by Crippen LogP contribution is -2.39. The summed E-state index contributed by atoms with van der Waals surface area (Å²) in [6.07, 6.45) is -3.44. The normalized spacial score (nSPS) is 12.7. The van der Waals surface area contributed by atoms with Crippen LogP contribution in [0.25, 0.3) is 0 Å². The average Bonchev–Trinajstić information content (AvgIpc) is 2.56. The van der Waals surface area contributed by atoms with Crippen molar-refractivity contribution in [2.75, 3.05) is 5.32 Å². The van der Waals surface area contributed by atoms with Gasteiger partial charge in [0, 0.05) is 24.2 Å². The zero-order chi connectivity index (χ0) is 19.5. The van der Waals surface area contributed by atoms with E-state index in [9.17, 15) is 27.6 Å². The standard InChI is InChI=1S/C15H13ClF3N3O3S/c1-21-12(24)6-7-22(14(21)25)8-11(23)20-9-4-2-3-5-10(9)26-13(16)15(17,18)19/h2-7,13H,8H2,1H3,(H,20,23). The number of hydrogen-bond acceptors (Lipinski definition) is 4. The summed E-state index contributed by atoms with van der Waals surface area (Å²) < 4.78 is 37.5. The summed E-state index contributed by atoms with van der Waals surface area (Å²) in [6, 6.07) is 6.98. The molecule has 11 heteroatoms. The van der Waals surface area contributed by atoms with E-state index in [1.807, 2.05) is 0 Å². The molecule has 0 fully saturated rings. The maximum Gasteiger partial charge on any atom is 0.414 e. The minimum atomic E-state index is -4.61. The Balaban J connectivity index is 2.16. The van der Waals surface area contributed by atoms with Gasteiger partial charge >= 0.3 is 11.9 Å². The number of aromatic nitrogens is 2. The molecule has 1 atom stereocenters. The zero-order valence-corrected chi connectivity index (χ0v) is 14.9. The Morgan fingerprint density at radius 2 is 1.92 bits per heavy atom. The molecule has 0 aliphatic heterocycles. The van der Waals surface area contributed by atoms with Crippen LogP contribution in [0.15, 0.2) is 51.0 Å². The van der Waals surface area contributed by atoms with Crippen LogP contribution in [0.3, 0.4) is 0 Å². The maximum absolute atomic E-state index is 12.6. The van der Waals surface area contributed by atoms with Gasteiger partial charge in [-0.1, -0.05) is 23.9 Å². The largest absolute Gasteiger partial charge is 0.414 e. The molecule has 1 aromatic carbocycles. The first-order chi connectivity index (χ1) is 12.1. The predicted octanol–water partition coefficient (Wildman–Crippen LogP) is 2.41. The van der Waals surface area contributed by atoms with Crippen molar-refractivity contribution in [1.29, 1.82) is 0 Å². The van der Waals surface area contributed by atoms with E-state index in [0.29, 0.717) is 11.8 Å². The first-order valence-corrected chi connectivity index (χ1v) is 8.44. The molecule has 0 spiro atoms. The number of carbonyl (C=O) groups excluding carboxylic acids is 1. The van der Waals surface area contributed by atoms with Crippen LogP contribution in [0.2, 0.25) is 0 Å². The van der Waals surface area contributed by atoms with Gasteiger partial charge in [-0.3, -0.25) is 18.7 Å². The van der Waals surface area contributed by atoms with Crippen LogP contribution in [0.1, 0.15) is 0 Å². The Bertz CT molecular complexity index is 927. The molecule has 0 aliphatic carbocycles. The van der Waals surface area contributed by atoms with Gasteiger partial charge in [-0.25, -0.2) is 4.79 Å². The Hall–Kier alpha value is -2.20. The number of carbonyl (C=O) groups is 1. The van der Waals surface area contributed by atoms with Crippen LogP contribution in [-0.4, -0.2) is 25.9 Å². The molecule has 1 aromatic heterocycles. The van der Waals surface area contributed by atoms with Gasteiger partial charge in [0.1, 0.15) is 6.54 Å². The summed E-state index contributed by atoms with van der Waals surface area (Å²) >= 11 is 5.67. The number of halogens is 4. The average molecular weight is 408 g/mol. The van der Waals surface area contributed by atoms with E-state index in [1.54, 1.807) is 0 Å². The van der Waals surface area contributed by atoms with Gasteiger partial charge in [-0.15, -0.1) is 11.6 Å². The van der Waals surface area contributed by atoms with Gasteiger partial charge < -0.3 is 5.32 Å². The molecule has 6 nitrogen and oxygen atoms in total. The number of anilines is 1. The van der Waals surface area contributed by atoms with E-state index in [4.69, 9.17) is 11.6 Å². The number of para-hydroxylation sites is 1. The minimum Gasteiger partial charge on any atom is -0.324 e. The van der Waals surface area contributed by atoms with E-state index in [1.165, 1.54) is 37.5 Å². The molecule has 140 valence electrons. The van der Waals surface area contributed by atoms with E-state index in [2.05, 4.69) is 5.32 Å². The van der Waals surface area contributed by atoms with Crippen molar-refractivity contribution in [1.82, 2.24) is 9.13 Å². The Kier molecular flexibility index (Phi) is 6.19. The third-order valence-electron chi connectivity index (χ3n) is 3.22. The lowest BCUT2D eigenvalue weighted by molar-refractivity contribution is -0.117. The monoisotopic (exact) mass is 407 g/mol. The Labute approximate surface area is 154 Å². The number of alkyl halides is 4. The van der Waals surface area contributed by atoms with Crippen LogP contribution in [0.4, 0.5) is 18.9 Å². The maximum atomic E-state index is 12.6. The SMILES string of the molecule is Cn1c(=O)ccn(CC(=O)Nc2ccccc2SC(Cl)C(F)(F)F)c1=O. The van der Waals surface area contributed by atoms with Gasteiger partial charge in [0.2, 0.25) is 5.91 Å². The minimum absolute atomic E-state index is 0.131. The molecule has 2 aromatic rings. The number of benzene rings is 1. The van der Waals surface area contributed by atoms with Crippen molar-refractivity contribution in [3.05, 3.63) is 57.4 Å².